The van der Waals surface area contributed by atoms with Crippen molar-refractivity contribution in [3.05, 3.63) is 52.1 Å². The topological polar surface area (TPSA) is 54.2 Å². The summed E-state index contributed by atoms with van der Waals surface area (Å²) in [6.45, 7) is 9.59. The molecule has 3 rings (SSSR count). The second-order valence-electron chi connectivity index (χ2n) is 6.28. The SMILES string of the molecule is CCNC(=NCc1sc(C)nc1C)NCCCn1ccc2ccccc21. The molecule has 138 valence electrons. The molecule has 2 aromatic heterocycles. The molecular formula is C20H27N5S. The number of aryl methyl sites for hydroxylation is 3. The van der Waals surface area contributed by atoms with Crippen LogP contribution in [0.5, 0.6) is 0 Å². The average Bonchev–Trinajstić information content (AvgIpc) is 3.19. The molecule has 0 aliphatic heterocycles. The Balaban J connectivity index is 1.52. The van der Waals surface area contributed by atoms with E-state index in [1.165, 1.54) is 15.8 Å². The molecule has 0 amide bonds. The van der Waals surface area contributed by atoms with Gasteiger partial charge in [-0.3, -0.25) is 0 Å². The van der Waals surface area contributed by atoms with Gasteiger partial charge in [-0.2, -0.15) is 0 Å². The molecule has 2 heterocycles. The normalized spacial score (nSPS) is 11.9. The Labute approximate surface area is 159 Å². The number of para-hydroxylation sites is 1. The molecule has 0 saturated carbocycles. The van der Waals surface area contributed by atoms with Crippen molar-refractivity contribution in [1.82, 2.24) is 20.2 Å². The van der Waals surface area contributed by atoms with Crippen LogP contribution in [0.25, 0.3) is 10.9 Å². The van der Waals surface area contributed by atoms with Gasteiger partial charge >= 0.3 is 0 Å². The van der Waals surface area contributed by atoms with E-state index in [2.05, 4.69) is 70.6 Å². The lowest BCUT2D eigenvalue weighted by atomic mass is 10.2. The van der Waals surface area contributed by atoms with Crippen LogP contribution in [0, 0.1) is 13.8 Å². The van der Waals surface area contributed by atoms with Gasteiger partial charge in [-0.25, -0.2) is 9.98 Å². The molecule has 6 heteroatoms. The summed E-state index contributed by atoms with van der Waals surface area (Å²) < 4.78 is 2.31. The molecule has 0 spiro atoms. The zero-order chi connectivity index (χ0) is 18.4. The van der Waals surface area contributed by atoms with Gasteiger partial charge in [0.25, 0.3) is 0 Å². The molecule has 0 atom stereocenters. The van der Waals surface area contributed by atoms with Crippen LogP contribution in [-0.2, 0) is 13.1 Å². The van der Waals surface area contributed by atoms with Crippen LogP contribution in [0.3, 0.4) is 0 Å². The third kappa shape index (κ3) is 4.64. The maximum absolute atomic E-state index is 4.70. The fraction of sp³-hybridized carbons (Fsp3) is 0.400. The minimum Gasteiger partial charge on any atom is -0.357 e. The van der Waals surface area contributed by atoms with E-state index in [1.807, 2.05) is 6.92 Å². The van der Waals surface area contributed by atoms with Gasteiger partial charge in [0.2, 0.25) is 0 Å². The summed E-state index contributed by atoms with van der Waals surface area (Å²) in [7, 11) is 0. The maximum Gasteiger partial charge on any atom is 0.191 e. The van der Waals surface area contributed by atoms with Crippen molar-refractivity contribution in [3.8, 4) is 0 Å². The zero-order valence-electron chi connectivity index (χ0n) is 15.7. The highest BCUT2D eigenvalue weighted by molar-refractivity contribution is 7.11. The standard InChI is InChI=1S/C20H27N5S/c1-4-21-20(23-14-19-15(2)24-16(3)26-19)22-11-7-12-25-13-10-17-8-5-6-9-18(17)25/h5-6,8-10,13H,4,7,11-12,14H2,1-3H3,(H2,21,22,23). The number of benzene rings is 1. The number of aromatic nitrogens is 2. The van der Waals surface area contributed by atoms with Gasteiger partial charge in [0, 0.05) is 36.2 Å². The summed E-state index contributed by atoms with van der Waals surface area (Å²) in [5.74, 6) is 0.871. The molecule has 0 bridgehead atoms. The lowest BCUT2D eigenvalue weighted by Gasteiger charge is -2.12. The van der Waals surface area contributed by atoms with Crippen LogP contribution in [-0.4, -0.2) is 28.6 Å². The zero-order valence-corrected chi connectivity index (χ0v) is 16.6. The fourth-order valence-electron chi connectivity index (χ4n) is 3.00. The molecule has 5 nitrogen and oxygen atoms in total. The van der Waals surface area contributed by atoms with Crippen molar-refractivity contribution >= 4 is 28.2 Å². The van der Waals surface area contributed by atoms with E-state index in [1.54, 1.807) is 11.3 Å². The number of nitrogens with zero attached hydrogens (tertiary/aromatic N) is 3. The fourth-order valence-corrected chi connectivity index (χ4v) is 3.87. The van der Waals surface area contributed by atoms with E-state index in [9.17, 15) is 0 Å². The molecule has 2 N–H and O–H groups in total. The monoisotopic (exact) mass is 369 g/mol. The van der Waals surface area contributed by atoms with Crippen LogP contribution < -0.4 is 10.6 Å². The number of aliphatic imine (C=N–C) groups is 1. The van der Waals surface area contributed by atoms with Crippen LogP contribution in [0.15, 0.2) is 41.5 Å². The molecule has 0 aliphatic rings. The van der Waals surface area contributed by atoms with Gasteiger partial charge in [0.1, 0.15) is 0 Å². The van der Waals surface area contributed by atoms with Crippen LogP contribution in [0.4, 0.5) is 0 Å². The van der Waals surface area contributed by atoms with E-state index in [-0.39, 0.29) is 0 Å². The summed E-state index contributed by atoms with van der Waals surface area (Å²) in [4.78, 5) is 10.4. The van der Waals surface area contributed by atoms with Crippen molar-refractivity contribution in [3.63, 3.8) is 0 Å². The Bertz CT molecular complexity index is 877. The first kappa shape index (κ1) is 18.5. The minimum atomic E-state index is 0.676. The number of nitrogens with one attached hydrogen (secondary N) is 2. The Morgan fingerprint density at radius 1 is 1.19 bits per heavy atom. The van der Waals surface area contributed by atoms with Crippen molar-refractivity contribution in [2.24, 2.45) is 4.99 Å². The second-order valence-corrected chi connectivity index (χ2v) is 7.57. The lowest BCUT2D eigenvalue weighted by Crippen LogP contribution is -2.38. The average molecular weight is 370 g/mol. The molecule has 0 fully saturated rings. The molecule has 0 saturated heterocycles. The highest BCUT2D eigenvalue weighted by atomic mass is 32.1. The third-order valence-electron chi connectivity index (χ3n) is 4.27. The number of hydrogen-bond donors (Lipinski definition) is 2. The summed E-state index contributed by atoms with van der Waals surface area (Å²) >= 11 is 1.73. The van der Waals surface area contributed by atoms with Gasteiger partial charge < -0.3 is 15.2 Å². The summed E-state index contributed by atoms with van der Waals surface area (Å²) in [5, 5.41) is 9.15. The van der Waals surface area contributed by atoms with Crippen molar-refractivity contribution in [2.45, 2.75) is 40.3 Å². The van der Waals surface area contributed by atoms with Crippen molar-refractivity contribution in [2.75, 3.05) is 13.1 Å². The van der Waals surface area contributed by atoms with Gasteiger partial charge in [-0.1, -0.05) is 18.2 Å². The van der Waals surface area contributed by atoms with Crippen molar-refractivity contribution in [1.29, 1.82) is 0 Å². The molecule has 0 aliphatic carbocycles. The van der Waals surface area contributed by atoms with Gasteiger partial charge in [-0.15, -0.1) is 11.3 Å². The molecule has 0 radical (unpaired) electrons. The first-order chi connectivity index (χ1) is 12.7. The van der Waals surface area contributed by atoms with E-state index < -0.39 is 0 Å². The largest absolute Gasteiger partial charge is 0.357 e. The Hall–Kier alpha value is -2.34. The van der Waals surface area contributed by atoms with Gasteiger partial charge in [-0.05, 0) is 44.7 Å². The summed E-state index contributed by atoms with van der Waals surface area (Å²) in [6, 6.07) is 10.7. The molecule has 1 aromatic carbocycles. The van der Waals surface area contributed by atoms with Crippen molar-refractivity contribution < 1.29 is 0 Å². The third-order valence-corrected chi connectivity index (χ3v) is 5.33. The highest BCUT2D eigenvalue weighted by Crippen LogP contribution is 2.18. The first-order valence-electron chi connectivity index (χ1n) is 9.16. The van der Waals surface area contributed by atoms with E-state index in [4.69, 9.17) is 4.99 Å². The number of hydrogen-bond acceptors (Lipinski definition) is 3. The highest BCUT2D eigenvalue weighted by Gasteiger charge is 2.05. The first-order valence-corrected chi connectivity index (χ1v) is 9.98. The summed E-state index contributed by atoms with van der Waals surface area (Å²) in [5.41, 5.74) is 2.38. The smallest absolute Gasteiger partial charge is 0.191 e. The molecule has 0 unspecified atom stereocenters. The van der Waals surface area contributed by atoms with E-state index in [0.717, 1.165) is 42.7 Å². The minimum absolute atomic E-state index is 0.676. The lowest BCUT2D eigenvalue weighted by molar-refractivity contribution is 0.641. The number of thiazole rings is 1. The Morgan fingerprint density at radius 3 is 2.81 bits per heavy atom. The van der Waals surface area contributed by atoms with E-state index in [0.29, 0.717) is 6.54 Å². The predicted octanol–water partition coefficient (Wildman–Crippen LogP) is 3.86. The Morgan fingerprint density at radius 2 is 2.04 bits per heavy atom. The van der Waals surface area contributed by atoms with Crippen LogP contribution >= 0.6 is 11.3 Å². The van der Waals surface area contributed by atoms with Gasteiger partial charge in [0.05, 0.1) is 17.2 Å². The number of rotatable bonds is 7. The van der Waals surface area contributed by atoms with Crippen LogP contribution in [0.2, 0.25) is 0 Å². The van der Waals surface area contributed by atoms with Crippen LogP contribution in [0.1, 0.15) is 28.9 Å². The quantitative estimate of drug-likeness (QED) is 0.378. The molecule has 26 heavy (non-hydrogen) atoms. The number of fused-ring (bicyclic) bond motifs is 1. The predicted molar refractivity (Wildman–Crippen MR) is 111 cm³/mol. The second kappa shape index (κ2) is 8.85. The maximum atomic E-state index is 4.70. The van der Waals surface area contributed by atoms with Gasteiger partial charge in [0.15, 0.2) is 5.96 Å². The van der Waals surface area contributed by atoms with E-state index >= 15 is 0 Å². The Kier molecular flexibility index (Phi) is 6.28. The molecular weight excluding hydrogens is 342 g/mol. The summed E-state index contributed by atoms with van der Waals surface area (Å²) in [6.07, 6.45) is 3.21. The molecule has 3 aromatic rings. The number of guanidine groups is 1.